The minimum Gasteiger partial charge on any atom is -0.482 e. The van der Waals surface area contributed by atoms with E-state index in [1.807, 2.05) is 30.3 Å². The standard InChI is InChI=1S/C33H30F2N4O3/c1-3-5-13-24-25(14-9-15-26(24)34)30(27-16-10-17-29(35)36-27)39-22-37(19-4-2)33(41)31-32(28(40)18-20-38(31)39)42-21-23-11-7-6-8-12-23/h3-4,6-12,14-18,20,30H,1-2,5,13,19,21-22H2. The van der Waals surface area contributed by atoms with Crippen molar-refractivity contribution >= 4 is 5.91 Å². The summed E-state index contributed by atoms with van der Waals surface area (Å²) in [7, 11) is 0. The molecule has 0 fully saturated rings. The Bertz CT molecular complexity index is 1670. The summed E-state index contributed by atoms with van der Waals surface area (Å²) in [6, 6.07) is 18.9. The van der Waals surface area contributed by atoms with Crippen LogP contribution in [0.15, 0.2) is 109 Å². The Hall–Kier alpha value is -5.05. The predicted octanol–water partition coefficient (Wildman–Crippen LogP) is 5.55. The Morgan fingerprint density at radius 3 is 2.48 bits per heavy atom. The number of fused-ring (bicyclic) bond motifs is 1. The van der Waals surface area contributed by atoms with E-state index in [0.29, 0.717) is 29.7 Å². The van der Waals surface area contributed by atoms with Crippen LogP contribution in [0.5, 0.6) is 5.75 Å². The van der Waals surface area contributed by atoms with Crippen molar-refractivity contribution in [2.75, 3.05) is 18.2 Å². The lowest BCUT2D eigenvalue weighted by molar-refractivity contribution is 0.0697. The Balaban J connectivity index is 1.72. The van der Waals surface area contributed by atoms with Gasteiger partial charge in [-0.3, -0.25) is 19.3 Å². The zero-order chi connectivity index (χ0) is 29.6. The molecule has 4 aromatic rings. The van der Waals surface area contributed by atoms with E-state index in [-0.39, 0.29) is 31.3 Å². The van der Waals surface area contributed by atoms with Gasteiger partial charge in [0.05, 0.1) is 5.69 Å². The fourth-order valence-electron chi connectivity index (χ4n) is 5.14. The molecule has 3 heterocycles. The molecule has 7 nitrogen and oxygen atoms in total. The maximum absolute atomic E-state index is 15.3. The van der Waals surface area contributed by atoms with Gasteiger partial charge < -0.3 is 9.64 Å². The van der Waals surface area contributed by atoms with Gasteiger partial charge in [0.2, 0.25) is 11.4 Å². The second-order valence-electron chi connectivity index (χ2n) is 9.80. The number of carbonyl (C=O) groups excluding carboxylic acids is 1. The van der Waals surface area contributed by atoms with Crippen LogP contribution in [0, 0.1) is 11.8 Å². The van der Waals surface area contributed by atoms with Crippen LogP contribution >= 0.6 is 0 Å². The fraction of sp³-hybridized carbons (Fsp3) is 0.182. The molecule has 9 heteroatoms. The third kappa shape index (κ3) is 5.72. The number of amides is 1. The summed E-state index contributed by atoms with van der Waals surface area (Å²) >= 11 is 0. The average Bonchev–Trinajstić information content (AvgIpc) is 2.99. The molecule has 214 valence electrons. The van der Waals surface area contributed by atoms with Crippen molar-refractivity contribution in [3.05, 3.63) is 154 Å². The highest BCUT2D eigenvalue weighted by molar-refractivity contribution is 5.96. The van der Waals surface area contributed by atoms with E-state index in [9.17, 15) is 14.0 Å². The van der Waals surface area contributed by atoms with Crippen molar-refractivity contribution < 1.29 is 18.3 Å². The Labute approximate surface area is 242 Å². The third-order valence-electron chi connectivity index (χ3n) is 7.06. The summed E-state index contributed by atoms with van der Waals surface area (Å²) < 4.78 is 37.4. The number of hydrogen-bond acceptors (Lipinski definition) is 5. The largest absolute Gasteiger partial charge is 0.482 e. The predicted molar refractivity (Wildman–Crippen MR) is 157 cm³/mol. The summed E-state index contributed by atoms with van der Waals surface area (Å²) in [5, 5.41) is 1.75. The molecule has 0 spiro atoms. The molecule has 1 unspecified atom stereocenters. The fourth-order valence-corrected chi connectivity index (χ4v) is 5.14. The first-order valence-corrected chi connectivity index (χ1v) is 13.5. The van der Waals surface area contributed by atoms with Crippen LogP contribution in [0.1, 0.15) is 45.3 Å². The highest BCUT2D eigenvalue weighted by atomic mass is 19.1. The third-order valence-corrected chi connectivity index (χ3v) is 7.06. The number of allylic oxidation sites excluding steroid dienone is 1. The molecular weight excluding hydrogens is 538 g/mol. The lowest BCUT2D eigenvalue weighted by atomic mass is 9.93. The van der Waals surface area contributed by atoms with Gasteiger partial charge in [-0.05, 0) is 47.7 Å². The van der Waals surface area contributed by atoms with Crippen LogP contribution in [0.2, 0.25) is 0 Å². The minimum absolute atomic E-state index is 0.00280. The zero-order valence-electron chi connectivity index (χ0n) is 23.0. The van der Waals surface area contributed by atoms with Gasteiger partial charge in [0, 0.05) is 18.8 Å². The zero-order valence-corrected chi connectivity index (χ0v) is 23.0. The topological polar surface area (TPSA) is 67.7 Å². The smallest absolute Gasteiger partial charge is 0.278 e. The molecule has 0 bridgehead atoms. The highest BCUT2D eigenvalue weighted by Gasteiger charge is 2.38. The molecule has 1 amide bonds. The lowest BCUT2D eigenvalue weighted by Crippen LogP contribution is -2.56. The van der Waals surface area contributed by atoms with E-state index < -0.39 is 29.1 Å². The molecule has 1 atom stereocenters. The summed E-state index contributed by atoms with van der Waals surface area (Å²) in [4.78, 5) is 32.6. The number of aromatic nitrogens is 2. The summed E-state index contributed by atoms with van der Waals surface area (Å²) in [5.74, 6) is -1.69. The second-order valence-corrected chi connectivity index (χ2v) is 9.80. The molecule has 0 saturated heterocycles. The summed E-state index contributed by atoms with van der Waals surface area (Å²) in [6.07, 6.45) is 5.62. The van der Waals surface area contributed by atoms with Gasteiger partial charge in [0.15, 0.2) is 11.4 Å². The van der Waals surface area contributed by atoms with Crippen molar-refractivity contribution in [3.8, 4) is 5.75 Å². The maximum atomic E-state index is 15.3. The first kappa shape index (κ1) is 28.5. The molecule has 0 radical (unpaired) electrons. The van der Waals surface area contributed by atoms with E-state index in [2.05, 4.69) is 18.1 Å². The molecule has 1 aliphatic heterocycles. The lowest BCUT2D eigenvalue weighted by Gasteiger charge is -2.44. The molecular formula is C33H30F2N4O3. The first-order valence-electron chi connectivity index (χ1n) is 13.5. The quantitative estimate of drug-likeness (QED) is 0.175. The van der Waals surface area contributed by atoms with Crippen molar-refractivity contribution in [2.24, 2.45) is 0 Å². The van der Waals surface area contributed by atoms with Crippen LogP contribution in [-0.4, -0.2) is 33.7 Å². The van der Waals surface area contributed by atoms with Crippen LogP contribution in [0.4, 0.5) is 8.78 Å². The number of pyridine rings is 2. The van der Waals surface area contributed by atoms with Crippen molar-refractivity contribution in [3.63, 3.8) is 0 Å². The van der Waals surface area contributed by atoms with Gasteiger partial charge in [-0.25, -0.2) is 9.37 Å². The highest BCUT2D eigenvalue weighted by Crippen LogP contribution is 2.34. The number of rotatable bonds is 11. The van der Waals surface area contributed by atoms with Crippen LogP contribution in [0.25, 0.3) is 0 Å². The summed E-state index contributed by atoms with van der Waals surface area (Å²) in [5.41, 5.74) is 1.60. The number of nitrogens with zero attached hydrogens (tertiary/aromatic N) is 4. The maximum Gasteiger partial charge on any atom is 0.278 e. The molecule has 0 aliphatic carbocycles. The number of benzene rings is 2. The van der Waals surface area contributed by atoms with E-state index in [4.69, 9.17) is 4.74 Å². The average molecular weight is 569 g/mol. The van der Waals surface area contributed by atoms with Crippen LogP contribution in [0.3, 0.4) is 0 Å². The number of hydrogen-bond donors (Lipinski definition) is 0. The Kier molecular flexibility index (Phi) is 8.57. The number of carbonyl (C=O) groups is 1. The van der Waals surface area contributed by atoms with Crippen molar-refractivity contribution in [2.45, 2.75) is 25.5 Å². The summed E-state index contributed by atoms with van der Waals surface area (Å²) in [6.45, 7) is 7.79. The van der Waals surface area contributed by atoms with E-state index in [1.54, 1.807) is 35.4 Å². The number of ether oxygens (including phenoxy) is 1. The molecule has 0 N–H and O–H groups in total. The van der Waals surface area contributed by atoms with Gasteiger partial charge in [-0.15, -0.1) is 13.2 Å². The molecule has 2 aromatic heterocycles. The van der Waals surface area contributed by atoms with Gasteiger partial charge in [-0.1, -0.05) is 60.7 Å². The SMILES string of the molecule is C=CCCc1c(F)cccc1C(c1cccc(F)n1)N1CN(CC=C)C(=O)c2c(OCc3ccccc3)c(=O)ccn21. The minimum atomic E-state index is -0.847. The van der Waals surface area contributed by atoms with E-state index in [0.717, 1.165) is 5.56 Å². The molecule has 5 rings (SSSR count). The van der Waals surface area contributed by atoms with Crippen molar-refractivity contribution in [1.82, 2.24) is 14.6 Å². The molecule has 0 saturated carbocycles. The first-order chi connectivity index (χ1) is 20.4. The Morgan fingerprint density at radius 1 is 0.952 bits per heavy atom. The molecule has 2 aromatic carbocycles. The molecule has 42 heavy (non-hydrogen) atoms. The van der Waals surface area contributed by atoms with Gasteiger partial charge in [0.1, 0.15) is 25.1 Å². The van der Waals surface area contributed by atoms with Crippen LogP contribution < -0.4 is 15.2 Å². The van der Waals surface area contributed by atoms with Gasteiger partial charge in [0.25, 0.3) is 5.91 Å². The number of halogens is 2. The monoisotopic (exact) mass is 568 g/mol. The van der Waals surface area contributed by atoms with Gasteiger partial charge >= 0.3 is 0 Å². The van der Waals surface area contributed by atoms with E-state index in [1.165, 1.54) is 40.0 Å². The van der Waals surface area contributed by atoms with Crippen molar-refractivity contribution in [1.29, 1.82) is 0 Å². The second kappa shape index (κ2) is 12.6. The normalized spacial score (nSPS) is 13.4. The van der Waals surface area contributed by atoms with E-state index >= 15 is 4.39 Å². The van der Waals surface area contributed by atoms with Gasteiger partial charge in [-0.2, -0.15) is 4.39 Å². The van der Waals surface area contributed by atoms with Crippen LogP contribution in [-0.2, 0) is 13.0 Å². The Morgan fingerprint density at radius 2 is 1.74 bits per heavy atom. The molecule has 1 aliphatic rings.